The van der Waals surface area contributed by atoms with Gasteiger partial charge in [0.25, 0.3) is 5.91 Å². The van der Waals surface area contributed by atoms with Crippen molar-refractivity contribution in [1.29, 1.82) is 0 Å². The second-order valence-electron chi connectivity index (χ2n) is 11.6. The molecule has 0 bridgehead atoms. The highest BCUT2D eigenvalue weighted by molar-refractivity contribution is 6.40. The number of nitrogens with one attached hydrogen (secondary N) is 5. The molecule has 0 radical (unpaired) electrons. The summed E-state index contributed by atoms with van der Waals surface area (Å²) >= 11 is 12.0. The molecule has 0 saturated heterocycles. The van der Waals surface area contributed by atoms with Gasteiger partial charge < -0.3 is 36.4 Å². The van der Waals surface area contributed by atoms with Crippen molar-refractivity contribution in [2.75, 3.05) is 35.6 Å². The highest BCUT2D eigenvalue weighted by atomic mass is 35.5. The lowest BCUT2D eigenvalue weighted by molar-refractivity contribution is -0.154. The van der Waals surface area contributed by atoms with Crippen LogP contribution in [0.1, 0.15) is 34.3 Å². The number of nitrogens with zero attached hydrogens (tertiary/aromatic N) is 3. The predicted octanol–water partition coefficient (Wildman–Crippen LogP) is 5.12. The van der Waals surface area contributed by atoms with Gasteiger partial charge in [0.15, 0.2) is 6.61 Å². The Hall–Kier alpha value is -5.19. The zero-order valence-electron chi connectivity index (χ0n) is 26.8. The zero-order valence-corrected chi connectivity index (χ0v) is 28.3. The van der Waals surface area contributed by atoms with Crippen molar-refractivity contribution >= 4 is 64.2 Å². The fraction of sp³-hybridized carbons (Fsp3) is 0.273. The number of carbonyl (C=O) groups excluding carboxylic acids is 3. The van der Waals surface area contributed by atoms with Crippen molar-refractivity contribution < 1.29 is 37.4 Å². The molecule has 0 aliphatic heterocycles. The quantitative estimate of drug-likeness (QED) is 0.101. The minimum Gasteiger partial charge on any atom is -0.454 e. The monoisotopic (exact) mass is 746 g/mol. The largest absolute Gasteiger partial charge is 0.454 e. The van der Waals surface area contributed by atoms with Crippen LogP contribution in [0.25, 0.3) is 0 Å². The van der Waals surface area contributed by atoms with Crippen LogP contribution in [0.3, 0.4) is 0 Å². The molecule has 1 fully saturated rings. The van der Waals surface area contributed by atoms with E-state index in [1.807, 2.05) is 12.1 Å². The molecular formula is C33H31Cl2F3N8O5. The summed E-state index contributed by atoms with van der Waals surface area (Å²) in [5.74, 6) is -2.63. The highest BCUT2D eigenvalue weighted by Crippen LogP contribution is 2.48. The van der Waals surface area contributed by atoms with E-state index in [0.717, 1.165) is 24.0 Å². The lowest BCUT2D eigenvalue weighted by atomic mass is 10.1. The van der Waals surface area contributed by atoms with E-state index in [1.54, 1.807) is 31.2 Å². The van der Waals surface area contributed by atoms with Crippen LogP contribution in [0.5, 0.6) is 6.01 Å². The van der Waals surface area contributed by atoms with Gasteiger partial charge in [0.1, 0.15) is 0 Å². The van der Waals surface area contributed by atoms with E-state index < -0.39 is 48.2 Å². The van der Waals surface area contributed by atoms with Gasteiger partial charge >= 0.3 is 24.0 Å². The molecule has 3 amide bonds. The summed E-state index contributed by atoms with van der Waals surface area (Å²) in [6.07, 6.45) is -4.39. The van der Waals surface area contributed by atoms with Gasteiger partial charge in [-0.1, -0.05) is 41.4 Å². The Balaban J connectivity index is 1.15. The van der Waals surface area contributed by atoms with Crippen molar-refractivity contribution in [2.24, 2.45) is 0 Å². The number of aliphatic hydroxyl groups excluding tert-OH is 1. The average molecular weight is 748 g/mol. The van der Waals surface area contributed by atoms with Crippen LogP contribution in [0.2, 0.25) is 10.0 Å². The van der Waals surface area contributed by atoms with Crippen molar-refractivity contribution in [1.82, 2.24) is 25.6 Å². The third-order valence-corrected chi connectivity index (χ3v) is 8.17. The molecule has 13 nitrogen and oxygen atoms in total. The third-order valence-electron chi connectivity index (χ3n) is 7.51. The van der Waals surface area contributed by atoms with Gasteiger partial charge in [0, 0.05) is 40.1 Å². The second-order valence-corrected chi connectivity index (χ2v) is 12.4. The molecule has 1 unspecified atom stereocenters. The normalized spacial score (nSPS) is 13.8. The molecule has 6 N–H and O–H groups in total. The molecule has 18 heteroatoms. The number of carbonyl (C=O) groups is 3. The predicted molar refractivity (Wildman–Crippen MR) is 183 cm³/mol. The summed E-state index contributed by atoms with van der Waals surface area (Å²) < 4.78 is 43.5. The van der Waals surface area contributed by atoms with E-state index in [4.69, 9.17) is 27.9 Å². The Morgan fingerprint density at radius 2 is 1.53 bits per heavy atom. The maximum Gasteiger partial charge on any atom is 0.422 e. The summed E-state index contributed by atoms with van der Waals surface area (Å²) in [5.41, 5.74) is 2.08. The number of aryl methyl sites for hydroxylation is 1. The fourth-order valence-electron chi connectivity index (χ4n) is 4.64. The number of hydrogen-bond acceptors (Lipinski definition) is 10. The maximum absolute atomic E-state index is 12.9. The number of benzene rings is 3. The zero-order chi connectivity index (χ0) is 36.8. The number of hydrogen-bond donors (Lipinski definition) is 6. The smallest absolute Gasteiger partial charge is 0.422 e. The molecular weight excluding hydrogens is 716 g/mol. The Morgan fingerprint density at radius 1 is 0.882 bits per heavy atom. The first kappa shape index (κ1) is 37.1. The van der Waals surface area contributed by atoms with E-state index in [-0.39, 0.29) is 30.5 Å². The molecule has 5 rings (SSSR count). The average Bonchev–Trinajstić information content (AvgIpc) is 3.87. The molecule has 1 aliphatic carbocycles. The number of ether oxygens (including phenoxy) is 1. The topological polar surface area (TPSA) is 179 Å². The molecule has 1 saturated carbocycles. The Morgan fingerprint density at radius 3 is 2.18 bits per heavy atom. The van der Waals surface area contributed by atoms with Crippen LogP contribution in [0, 0.1) is 6.92 Å². The molecule has 4 aromatic rings. The van der Waals surface area contributed by atoms with E-state index in [0.29, 0.717) is 21.4 Å². The number of rotatable bonds is 13. The lowest BCUT2D eigenvalue weighted by Crippen LogP contribution is -2.43. The van der Waals surface area contributed by atoms with Gasteiger partial charge in [0.2, 0.25) is 11.9 Å². The summed E-state index contributed by atoms with van der Waals surface area (Å²) in [4.78, 5) is 49.3. The number of anilines is 4. The molecule has 1 aromatic heterocycles. The van der Waals surface area contributed by atoms with Crippen LogP contribution in [0.4, 0.5) is 36.4 Å². The van der Waals surface area contributed by atoms with Crippen molar-refractivity contribution in [3.05, 3.63) is 93.5 Å². The van der Waals surface area contributed by atoms with Crippen molar-refractivity contribution in [3.8, 4) is 6.01 Å². The first-order chi connectivity index (χ1) is 24.2. The van der Waals surface area contributed by atoms with Crippen LogP contribution in [-0.4, -0.2) is 69.8 Å². The van der Waals surface area contributed by atoms with Gasteiger partial charge in [-0.2, -0.15) is 28.1 Å². The summed E-state index contributed by atoms with van der Waals surface area (Å²) in [7, 11) is 0. The van der Waals surface area contributed by atoms with E-state index in [2.05, 4.69) is 41.5 Å². The van der Waals surface area contributed by atoms with Gasteiger partial charge in [-0.15, -0.1) is 0 Å². The Bertz CT molecular complexity index is 1900. The number of amides is 3. The van der Waals surface area contributed by atoms with E-state index in [9.17, 15) is 32.7 Å². The van der Waals surface area contributed by atoms with Crippen molar-refractivity contribution in [2.45, 2.75) is 37.6 Å². The SMILES string of the molecule is Cc1ccc(NC(=O)C(=O)NCC(O)CNC(=O)c2ccc(Nc3nc(NC4(c5ccc(Cl)cc5)CC4)nc(OCC(F)(F)F)n3)cc2)cc1Cl. The van der Waals surface area contributed by atoms with Crippen molar-refractivity contribution in [3.63, 3.8) is 0 Å². The fourth-order valence-corrected chi connectivity index (χ4v) is 4.95. The molecule has 1 atom stereocenters. The third kappa shape index (κ3) is 10.7. The van der Waals surface area contributed by atoms with Crippen LogP contribution < -0.4 is 31.3 Å². The summed E-state index contributed by atoms with van der Waals surface area (Å²) in [5, 5.41) is 24.5. The van der Waals surface area contributed by atoms with Crippen LogP contribution in [-0.2, 0) is 15.1 Å². The Labute approximate surface area is 299 Å². The highest BCUT2D eigenvalue weighted by Gasteiger charge is 2.45. The summed E-state index contributed by atoms with van der Waals surface area (Å²) in [6.45, 7) is -0.383. The van der Waals surface area contributed by atoms with E-state index >= 15 is 0 Å². The number of halogens is 5. The number of alkyl halides is 3. The van der Waals surface area contributed by atoms with Gasteiger partial charge in [-0.05, 0) is 79.4 Å². The first-order valence-electron chi connectivity index (χ1n) is 15.4. The Kier molecular flexibility index (Phi) is 11.5. The maximum atomic E-state index is 12.9. The van der Waals surface area contributed by atoms with Crippen LogP contribution in [0.15, 0.2) is 66.7 Å². The first-order valence-corrected chi connectivity index (χ1v) is 16.1. The lowest BCUT2D eigenvalue weighted by Gasteiger charge is -2.19. The molecule has 51 heavy (non-hydrogen) atoms. The molecule has 3 aromatic carbocycles. The number of aromatic nitrogens is 3. The van der Waals surface area contributed by atoms with Crippen LogP contribution >= 0.6 is 23.2 Å². The molecule has 1 aliphatic rings. The molecule has 0 spiro atoms. The summed E-state index contributed by atoms with van der Waals surface area (Å²) in [6, 6.07) is 17.3. The second kappa shape index (κ2) is 15.8. The standard InChI is InChI=1S/C33H31Cl2F3N8O5/c1-18-2-9-23(14-25(18)35)41-28(50)27(49)40-16-24(47)15-39-26(48)19-3-10-22(11-4-19)42-29-43-30(45-31(44-29)51-17-33(36,37)38)46-32(12-13-32)20-5-7-21(34)8-6-20/h2-11,14,24,47H,12-13,15-17H2,1H3,(H,39,48)(H,40,49)(H,41,50)(H2,42,43,44,45,46). The van der Waals surface area contributed by atoms with Gasteiger partial charge in [-0.25, -0.2) is 0 Å². The van der Waals surface area contributed by atoms with Gasteiger partial charge in [0.05, 0.1) is 11.6 Å². The minimum atomic E-state index is -4.62. The van der Waals surface area contributed by atoms with Gasteiger partial charge in [-0.3, -0.25) is 14.4 Å². The number of aliphatic hydroxyl groups is 1. The molecule has 268 valence electrons. The minimum absolute atomic E-state index is 0.0142. The molecule has 1 heterocycles. The van der Waals surface area contributed by atoms with E-state index in [1.165, 1.54) is 30.3 Å².